The summed E-state index contributed by atoms with van der Waals surface area (Å²) in [6, 6.07) is 7.67. The largest absolute Gasteiger partial charge is 0.480 e. The molecule has 2 aliphatic rings. The van der Waals surface area contributed by atoms with Gasteiger partial charge in [0, 0.05) is 77.6 Å². The first kappa shape index (κ1) is 28.4. The van der Waals surface area contributed by atoms with Gasteiger partial charge in [-0.3, -0.25) is 38.8 Å². The molecule has 3 amide bonds. The molecule has 37 heavy (non-hydrogen) atoms. The molecule has 202 valence electrons. The first-order valence-corrected chi connectivity index (χ1v) is 12.3. The number of aliphatic hydroxyl groups excluding tert-OH is 1. The Kier molecular flexibility index (Phi) is 10.7. The zero-order valence-corrected chi connectivity index (χ0v) is 20.8. The van der Waals surface area contributed by atoms with Crippen molar-refractivity contribution in [3.63, 3.8) is 0 Å². The number of imide groups is 1. The summed E-state index contributed by atoms with van der Waals surface area (Å²) in [5.41, 5.74) is 1.87. The molecule has 0 atom stereocenters. The fourth-order valence-corrected chi connectivity index (χ4v) is 4.33. The molecular weight excluding hydrogens is 482 g/mol. The predicted molar refractivity (Wildman–Crippen MR) is 133 cm³/mol. The molecule has 4 N–H and O–H groups in total. The quantitative estimate of drug-likeness (QED) is 0.193. The maximum Gasteiger partial charge on any atom is 0.317 e. The molecule has 3 rings (SSSR count). The van der Waals surface area contributed by atoms with E-state index in [-0.39, 0.29) is 50.3 Å². The van der Waals surface area contributed by atoms with Crippen LogP contribution >= 0.6 is 0 Å². The van der Waals surface area contributed by atoms with Gasteiger partial charge in [0.2, 0.25) is 5.91 Å². The summed E-state index contributed by atoms with van der Waals surface area (Å²) >= 11 is 0. The van der Waals surface area contributed by atoms with E-state index in [4.69, 9.17) is 0 Å². The maximum absolute atomic E-state index is 12.3. The van der Waals surface area contributed by atoms with Crippen LogP contribution in [0.15, 0.2) is 36.4 Å². The third kappa shape index (κ3) is 9.67. The van der Waals surface area contributed by atoms with Crippen molar-refractivity contribution in [2.75, 3.05) is 65.4 Å². The number of aliphatic hydroxyl groups is 2. The van der Waals surface area contributed by atoms with Crippen LogP contribution in [-0.2, 0) is 32.1 Å². The molecule has 0 unspecified atom stereocenters. The number of carboxylic acid groups (broad SMARTS) is 1. The molecule has 1 aromatic rings. The Morgan fingerprint density at radius 3 is 1.95 bits per heavy atom. The number of carboxylic acids is 1. The van der Waals surface area contributed by atoms with Crippen LogP contribution in [0.4, 0.5) is 0 Å². The Balaban J connectivity index is 1.49. The number of amides is 3. The monoisotopic (exact) mass is 517 g/mol. The number of nitrogens with one attached hydrogen (secondary N) is 1. The lowest BCUT2D eigenvalue weighted by atomic mass is 10.1. The SMILES string of the molecule is O=C(O)CN1CCN(Cc2ccc(CC(=O)NCCN3C(=O)C=CC3=O)cc2)CCN(CC(O)O)CC1. The molecule has 0 saturated carbocycles. The summed E-state index contributed by atoms with van der Waals surface area (Å²) in [6.45, 7) is 4.65. The zero-order chi connectivity index (χ0) is 26.8. The van der Waals surface area contributed by atoms with Gasteiger partial charge in [-0.25, -0.2) is 0 Å². The first-order valence-electron chi connectivity index (χ1n) is 12.3. The summed E-state index contributed by atoms with van der Waals surface area (Å²) in [6.07, 6.45) is 1.14. The summed E-state index contributed by atoms with van der Waals surface area (Å²) in [4.78, 5) is 53.6. The highest BCUT2D eigenvalue weighted by molar-refractivity contribution is 6.12. The highest BCUT2D eigenvalue weighted by Crippen LogP contribution is 2.10. The molecule has 0 spiro atoms. The van der Waals surface area contributed by atoms with E-state index in [0.717, 1.165) is 16.0 Å². The number of nitrogens with zero attached hydrogens (tertiary/aromatic N) is 4. The second-order valence-electron chi connectivity index (χ2n) is 9.23. The van der Waals surface area contributed by atoms with Gasteiger partial charge in [0.05, 0.1) is 13.0 Å². The lowest BCUT2D eigenvalue weighted by molar-refractivity contribution is -0.139. The van der Waals surface area contributed by atoms with Crippen molar-refractivity contribution < 1.29 is 34.5 Å². The normalized spacial score (nSPS) is 18.2. The number of carbonyl (C=O) groups excluding carboxylic acids is 3. The Morgan fingerprint density at radius 1 is 0.838 bits per heavy atom. The molecule has 0 radical (unpaired) electrons. The van der Waals surface area contributed by atoms with Gasteiger partial charge >= 0.3 is 5.97 Å². The minimum atomic E-state index is -1.45. The van der Waals surface area contributed by atoms with Gasteiger partial charge < -0.3 is 20.6 Å². The van der Waals surface area contributed by atoms with E-state index >= 15 is 0 Å². The number of hydrogen-bond acceptors (Lipinski definition) is 9. The Hall–Kier alpha value is -3.16. The van der Waals surface area contributed by atoms with E-state index in [9.17, 15) is 34.5 Å². The molecule has 0 bridgehead atoms. The minimum Gasteiger partial charge on any atom is -0.480 e. The van der Waals surface area contributed by atoms with Crippen LogP contribution in [0, 0.1) is 0 Å². The second kappa shape index (κ2) is 14.0. The summed E-state index contributed by atoms with van der Waals surface area (Å²) in [5, 5.41) is 30.7. The van der Waals surface area contributed by atoms with Gasteiger partial charge in [0.25, 0.3) is 11.8 Å². The molecule has 1 saturated heterocycles. The molecule has 2 heterocycles. The number of carbonyl (C=O) groups is 4. The average Bonchev–Trinajstić information content (AvgIpc) is 3.19. The molecular formula is C25H35N5O7. The molecule has 0 aliphatic carbocycles. The van der Waals surface area contributed by atoms with Crippen LogP contribution in [0.2, 0.25) is 0 Å². The molecule has 12 nitrogen and oxygen atoms in total. The van der Waals surface area contributed by atoms with Gasteiger partial charge in [0.15, 0.2) is 6.29 Å². The van der Waals surface area contributed by atoms with Crippen molar-refractivity contribution in [3.8, 4) is 0 Å². The smallest absolute Gasteiger partial charge is 0.317 e. The summed E-state index contributed by atoms with van der Waals surface area (Å²) in [5.74, 6) is -1.85. The Bertz CT molecular complexity index is 964. The molecule has 0 aromatic heterocycles. The summed E-state index contributed by atoms with van der Waals surface area (Å²) in [7, 11) is 0. The van der Waals surface area contributed by atoms with Crippen molar-refractivity contribution in [3.05, 3.63) is 47.5 Å². The van der Waals surface area contributed by atoms with Crippen LogP contribution in [-0.4, -0.2) is 130 Å². The number of aliphatic carboxylic acids is 1. The number of β-amino-alcohol motifs (C(OH)–C–C–N with tert-alkyl or cyclic N) is 2. The molecule has 1 aromatic carbocycles. The molecule has 2 aliphatic heterocycles. The Morgan fingerprint density at radius 2 is 1.38 bits per heavy atom. The third-order valence-electron chi connectivity index (χ3n) is 6.33. The van der Waals surface area contributed by atoms with E-state index in [1.54, 1.807) is 0 Å². The van der Waals surface area contributed by atoms with Gasteiger partial charge in [-0.05, 0) is 11.1 Å². The van der Waals surface area contributed by atoms with Gasteiger partial charge in [-0.1, -0.05) is 24.3 Å². The third-order valence-corrected chi connectivity index (χ3v) is 6.33. The minimum absolute atomic E-state index is 0.0678. The highest BCUT2D eigenvalue weighted by Gasteiger charge is 2.23. The fourth-order valence-electron chi connectivity index (χ4n) is 4.33. The van der Waals surface area contributed by atoms with Crippen LogP contribution in [0.1, 0.15) is 11.1 Å². The lowest BCUT2D eigenvalue weighted by Gasteiger charge is -2.26. The Labute approximate surface area is 215 Å². The van der Waals surface area contributed by atoms with Gasteiger partial charge in [-0.2, -0.15) is 0 Å². The van der Waals surface area contributed by atoms with Crippen LogP contribution in [0.5, 0.6) is 0 Å². The van der Waals surface area contributed by atoms with Crippen molar-refractivity contribution in [1.29, 1.82) is 0 Å². The summed E-state index contributed by atoms with van der Waals surface area (Å²) < 4.78 is 0. The van der Waals surface area contributed by atoms with Crippen molar-refractivity contribution in [2.45, 2.75) is 19.3 Å². The second-order valence-corrected chi connectivity index (χ2v) is 9.23. The molecule has 1 fully saturated rings. The van der Waals surface area contributed by atoms with Crippen molar-refractivity contribution >= 4 is 23.7 Å². The zero-order valence-electron chi connectivity index (χ0n) is 20.8. The number of rotatable bonds is 11. The maximum atomic E-state index is 12.3. The van der Waals surface area contributed by atoms with Crippen molar-refractivity contribution in [2.24, 2.45) is 0 Å². The highest BCUT2D eigenvalue weighted by atomic mass is 16.5. The van der Waals surface area contributed by atoms with Crippen molar-refractivity contribution in [1.82, 2.24) is 24.9 Å². The van der Waals surface area contributed by atoms with E-state index < -0.39 is 12.3 Å². The van der Waals surface area contributed by atoms with Gasteiger partial charge in [0.1, 0.15) is 0 Å². The lowest BCUT2D eigenvalue weighted by Crippen LogP contribution is -2.41. The number of benzene rings is 1. The number of hydrogen-bond donors (Lipinski definition) is 4. The predicted octanol–water partition coefficient (Wildman–Crippen LogP) is -1.91. The van der Waals surface area contributed by atoms with E-state index in [1.165, 1.54) is 12.2 Å². The fraction of sp³-hybridized carbons (Fsp3) is 0.520. The van der Waals surface area contributed by atoms with Crippen LogP contribution in [0.3, 0.4) is 0 Å². The van der Waals surface area contributed by atoms with Crippen LogP contribution in [0.25, 0.3) is 0 Å². The van der Waals surface area contributed by atoms with Gasteiger partial charge in [-0.15, -0.1) is 0 Å². The molecule has 12 heteroatoms. The average molecular weight is 518 g/mol. The van der Waals surface area contributed by atoms with Crippen LogP contribution < -0.4 is 5.32 Å². The van der Waals surface area contributed by atoms with E-state index in [1.807, 2.05) is 34.1 Å². The standard InChI is InChI=1S/C25H35N5O7/c31-21(26-7-8-30-22(32)5-6-23(30)33)15-19-1-3-20(4-2-19)16-27-9-11-28(17-24(34)35)13-14-29(12-10-27)18-25(36)37/h1-6,24,34-35H,7-18H2,(H,26,31)(H,36,37). The topological polar surface area (TPSA) is 154 Å². The van der Waals surface area contributed by atoms with E-state index in [2.05, 4.69) is 10.2 Å². The van der Waals surface area contributed by atoms with E-state index in [0.29, 0.717) is 45.8 Å². The first-order chi connectivity index (χ1) is 17.7.